The first-order valence-corrected chi connectivity index (χ1v) is 7.26. The van der Waals surface area contributed by atoms with E-state index < -0.39 is 6.03 Å². The number of hydrogen-bond acceptors (Lipinski definition) is 4. The molecule has 0 bridgehead atoms. The van der Waals surface area contributed by atoms with Crippen LogP contribution in [0.4, 0.5) is 22.0 Å². The van der Waals surface area contributed by atoms with Gasteiger partial charge in [-0.2, -0.15) is 5.10 Å². The van der Waals surface area contributed by atoms with Gasteiger partial charge in [-0.3, -0.25) is 14.4 Å². The summed E-state index contributed by atoms with van der Waals surface area (Å²) < 4.78 is 1.48. The summed E-state index contributed by atoms with van der Waals surface area (Å²) >= 11 is 0. The second-order valence-electron chi connectivity index (χ2n) is 5.49. The lowest BCUT2D eigenvalue weighted by molar-refractivity contribution is 0.102. The highest BCUT2D eigenvalue weighted by Gasteiger charge is 2.21. The Labute approximate surface area is 133 Å². The topological polar surface area (TPSA) is 119 Å². The average molecular weight is 314 g/mol. The Kier molecular flexibility index (Phi) is 3.65. The Balaban J connectivity index is 1.87. The Morgan fingerprint density at radius 3 is 2.78 bits per heavy atom. The van der Waals surface area contributed by atoms with Crippen molar-refractivity contribution in [1.29, 1.82) is 0 Å². The van der Waals surface area contributed by atoms with Crippen molar-refractivity contribution in [3.63, 3.8) is 0 Å². The molecule has 2 aromatic rings. The van der Waals surface area contributed by atoms with Crippen molar-refractivity contribution >= 4 is 29.1 Å². The lowest BCUT2D eigenvalue weighted by atomic mass is 10.0. The standard InChI is InChI=1S/C15H18N6O2/c1-20-8-11(13(16)19-20)14(22)18-10-5-4-9-3-2-6-21(15(17)23)12(9)7-10/h4-5,7-8H,2-3,6H2,1H3,(H2,16,19)(H2,17,23)(H,18,22). The highest BCUT2D eigenvalue weighted by atomic mass is 16.2. The van der Waals surface area contributed by atoms with E-state index in [-0.39, 0.29) is 11.7 Å². The number of nitrogens with zero attached hydrogens (tertiary/aromatic N) is 3. The summed E-state index contributed by atoms with van der Waals surface area (Å²) in [6.45, 7) is 0.579. The summed E-state index contributed by atoms with van der Waals surface area (Å²) in [6.07, 6.45) is 3.30. The molecule has 2 heterocycles. The van der Waals surface area contributed by atoms with E-state index in [0.717, 1.165) is 24.1 Å². The van der Waals surface area contributed by atoms with Crippen LogP contribution in [-0.4, -0.2) is 28.3 Å². The second-order valence-corrected chi connectivity index (χ2v) is 5.49. The summed E-state index contributed by atoms with van der Waals surface area (Å²) in [4.78, 5) is 25.4. The fourth-order valence-corrected chi connectivity index (χ4v) is 2.76. The van der Waals surface area contributed by atoms with Gasteiger partial charge in [0, 0.05) is 25.5 Å². The molecule has 0 saturated carbocycles. The zero-order valence-electron chi connectivity index (χ0n) is 12.7. The van der Waals surface area contributed by atoms with E-state index in [9.17, 15) is 9.59 Å². The van der Waals surface area contributed by atoms with Crippen LogP contribution in [0.5, 0.6) is 0 Å². The van der Waals surface area contributed by atoms with Crippen LogP contribution in [0.15, 0.2) is 24.4 Å². The van der Waals surface area contributed by atoms with Gasteiger partial charge < -0.3 is 16.8 Å². The smallest absolute Gasteiger partial charge is 0.319 e. The number of nitrogen functional groups attached to an aromatic ring is 1. The molecule has 0 spiro atoms. The molecule has 0 unspecified atom stereocenters. The Bertz CT molecular complexity index is 782. The highest BCUT2D eigenvalue weighted by Crippen LogP contribution is 2.30. The van der Waals surface area contributed by atoms with Gasteiger partial charge in [-0.15, -0.1) is 0 Å². The Morgan fingerprint density at radius 1 is 1.35 bits per heavy atom. The van der Waals surface area contributed by atoms with Gasteiger partial charge in [0.05, 0.1) is 5.69 Å². The van der Waals surface area contributed by atoms with Crippen LogP contribution in [0, 0.1) is 0 Å². The van der Waals surface area contributed by atoms with Gasteiger partial charge in [0.1, 0.15) is 5.56 Å². The van der Waals surface area contributed by atoms with Crippen molar-refractivity contribution in [3.05, 3.63) is 35.5 Å². The van der Waals surface area contributed by atoms with Crippen molar-refractivity contribution in [2.75, 3.05) is 22.5 Å². The van der Waals surface area contributed by atoms with Crippen molar-refractivity contribution in [1.82, 2.24) is 9.78 Å². The first kappa shape index (κ1) is 14.9. The summed E-state index contributed by atoms with van der Waals surface area (Å²) in [5, 5.41) is 6.71. The van der Waals surface area contributed by atoms with Crippen molar-refractivity contribution in [2.45, 2.75) is 12.8 Å². The van der Waals surface area contributed by atoms with Crippen LogP contribution < -0.4 is 21.7 Å². The van der Waals surface area contributed by atoms with Gasteiger partial charge in [0.15, 0.2) is 5.82 Å². The predicted octanol–water partition coefficient (Wildman–Crippen LogP) is 1.09. The molecule has 3 amide bonds. The number of fused-ring (bicyclic) bond motifs is 1. The largest absolute Gasteiger partial charge is 0.382 e. The van der Waals surface area contributed by atoms with Crippen LogP contribution in [0.25, 0.3) is 0 Å². The van der Waals surface area contributed by atoms with Crippen molar-refractivity contribution in [3.8, 4) is 0 Å². The number of urea groups is 1. The number of carbonyl (C=O) groups is 2. The van der Waals surface area contributed by atoms with Crippen LogP contribution in [0.3, 0.4) is 0 Å². The lowest BCUT2D eigenvalue weighted by Gasteiger charge is -2.28. The minimum absolute atomic E-state index is 0.168. The number of carbonyl (C=O) groups excluding carboxylic acids is 2. The molecule has 8 nitrogen and oxygen atoms in total. The molecule has 0 atom stereocenters. The maximum absolute atomic E-state index is 12.3. The molecule has 23 heavy (non-hydrogen) atoms. The molecular weight excluding hydrogens is 296 g/mol. The first-order chi connectivity index (χ1) is 11.0. The molecule has 8 heteroatoms. The third kappa shape index (κ3) is 2.83. The summed E-state index contributed by atoms with van der Waals surface area (Å²) in [6, 6.07) is 4.95. The number of primary amides is 1. The number of anilines is 3. The number of hydrogen-bond donors (Lipinski definition) is 3. The average Bonchev–Trinajstić information content (AvgIpc) is 2.85. The van der Waals surface area contributed by atoms with Gasteiger partial charge in [-0.1, -0.05) is 6.07 Å². The molecule has 0 radical (unpaired) electrons. The maximum Gasteiger partial charge on any atom is 0.319 e. The fraction of sp³-hybridized carbons (Fsp3) is 0.267. The van der Waals surface area contributed by atoms with Gasteiger partial charge in [-0.25, -0.2) is 4.79 Å². The zero-order valence-corrected chi connectivity index (χ0v) is 12.7. The van der Waals surface area contributed by atoms with E-state index >= 15 is 0 Å². The molecule has 1 aliphatic heterocycles. The lowest BCUT2D eigenvalue weighted by Crippen LogP contribution is -2.39. The van der Waals surface area contributed by atoms with Gasteiger partial charge in [0.2, 0.25) is 0 Å². The third-order valence-electron chi connectivity index (χ3n) is 3.83. The van der Waals surface area contributed by atoms with Crippen molar-refractivity contribution in [2.24, 2.45) is 12.8 Å². The van der Waals surface area contributed by atoms with E-state index in [1.807, 2.05) is 6.07 Å². The molecule has 5 N–H and O–H groups in total. The van der Waals surface area contributed by atoms with Crippen molar-refractivity contribution < 1.29 is 9.59 Å². The molecule has 0 aliphatic carbocycles. The third-order valence-corrected chi connectivity index (χ3v) is 3.83. The molecule has 0 fully saturated rings. The first-order valence-electron chi connectivity index (χ1n) is 7.26. The van der Waals surface area contributed by atoms with Gasteiger partial charge in [0.25, 0.3) is 5.91 Å². The monoisotopic (exact) mass is 314 g/mol. The van der Waals surface area contributed by atoms with E-state index in [4.69, 9.17) is 11.5 Å². The Morgan fingerprint density at radius 2 is 2.13 bits per heavy atom. The van der Waals surface area contributed by atoms with Crippen LogP contribution in [0.2, 0.25) is 0 Å². The van der Waals surface area contributed by atoms with E-state index in [0.29, 0.717) is 17.8 Å². The highest BCUT2D eigenvalue weighted by molar-refractivity contribution is 6.07. The summed E-state index contributed by atoms with van der Waals surface area (Å²) in [7, 11) is 1.69. The summed E-state index contributed by atoms with van der Waals surface area (Å²) in [5.74, 6) is -0.182. The number of nitrogens with one attached hydrogen (secondary N) is 1. The number of benzene rings is 1. The number of amides is 3. The maximum atomic E-state index is 12.3. The van der Waals surface area contributed by atoms with E-state index in [1.165, 1.54) is 9.58 Å². The van der Waals surface area contributed by atoms with Gasteiger partial charge >= 0.3 is 6.03 Å². The zero-order chi connectivity index (χ0) is 16.6. The number of rotatable bonds is 2. The quantitative estimate of drug-likeness (QED) is 0.768. The summed E-state index contributed by atoms with van der Waals surface area (Å²) in [5.41, 5.74) is 13.8. The minimum atomic E-state index is -0.495. The SMILES string of the molecule is Cn1cc(C(=O)Nc2ccc3c(c2)N(C(N)=O)CCC3)c(N)n1. The molecule has 120 valence electrons. The van der Waals surface area contributed by atoms with Gasteiger partial charge in [-0.05, 0) is 30.5 Å². The molecule has 0 saturated heterocycles. The molecule has 3 rings (SSSR count). The van der Waals surface area contributed by atoms with Crippen LogP contribution >= 0.6 is 0 Å². The number of aryl methyl sites for hydroxylation is 2. The molecule has 1 aliphatic rings. The number of nitrogens with two attached hydrogens (primary N) is 2. The minimum Gasteiger partial charge on any atom is -0.382 e. The fourth-order valence-electron chi connectivity index (χ4n) is 2.76. The number of aromatic nitrogens is 2. The molecular formula is C15H18N6O2. The normalized spacial score (nSPS) is 13.5. The van der Waals surface area contributed by atoms with Crippen LogP contribution in [0.1, 0.15) is 22.3 Å². The second kappa shape index (κ2) is 5.64. The Hall–Kier alpha value is -3.03. The van der Waals surface area contributed by atoms with Crippen LogP contribution in [-0.2, 0) is 13.5 Å². The molecule has 1 aromatic carbocycles. The van der Waals surface area contributed by atoms with E-state index in [1.54, 1.807) is 25.4 Å². The van der Waals surface area contributed by atoms with E-state index in [2.05, 4.69) is 10.4 Å². The predicted molar refractivity (Wildman–Crippen MR) is 87.3 cm³/mol. The molecule has 1 aromatic heterocycles.